The average Bonchev–Trinajstić information content (AvgIpc) is 0.992. The molecule has 9 aromatic rings. The van der Waals surface area contributed by atoms with Gasteiger partial charge in [0, 0.05) is 62.0 Å². The summed E-state index contributed by atoms with van der Waals surface area (Å²) in [6.45, 7) is 44.7. The van der Waals surface area contributed by atoms with Crippen LogP contribution in [-0.4, -0.2) is 6.71 Å². The van der Waals surface area contributed by atoms with Crippen molar-refractivity contribution in [2.24, 2.45) is 0 Å². The fourth-order valence-corrected chi connectivity index (χ4v) is 14.4. The van der Waals surface area contributed by atoms with E-state index in [1.165, 1.54) is 123 Å². The third kappa shape index (κ3) is 8.73. The minimum atomic E-state index is -0.229. The lowest BCUT2D eigenvalue weighted by molar-refractivity contribution is 0.584. The third-order valence-corrected chi connectivity index (χ3v) is 19.6. The highest BCUT2D eigenvalue weighted by Gasteiger charge is 2.47. The Balaban J connectivity index is 1.10. The smallest absolute Gasteiger partial charge is 0.252 e. The lowest BCUT2D eigenvalue weighted by Crippen LogP contribution is -2.61. The Bertz CT molecular complexity index is 4100. The first-order chi connectivity index (χ1) is 39.3. The molecule has 0 radical (unpaired) electrons. The van der Waals surface area contributed by atoms with Gasteiger partial charge >= 0.3 is 0 Å². The Morgan fingerprint density at radius 3 is 1.23 bits per heavy atom. The second-order valence-electron chi connectivity index (χ2n) is 31.2. The first-order valence-electron chi connectivity index (χ1n) is 30.9. The normalized spacial score (nSPS) is 15.4. The fourth-order valence-electron chi connectivity index (χ4n) is 14.4. The maximum Gasteiger partial charge on any atom is 0.252 e. The van der Waals surface area contributed by atoms with E-state index in [0.717, 1.165) is 17.1 Å². The topological polar surface area (TPSA) is 9.72 Å². The van der Waals surface area contributed by atoms with Crippen molar-refractivity contribution in [2.45, 2.75) is 169 Å². The van der Waals surface area contributed by atoms with Gasteiger partial charge in [-0.05, 0) is 195 Å². The van der Waals surface area contributed by atoms with Crippen molar-refractivity contribution < 1.29 is 0 Å². The molecule has 2 heterocycles. The molecular weight excluding hydrogens is 1010 g/mol. The van der Waals surface area contributed by atoms with Gasteiger partial charge in [0.15, 0.2) is 0 Å². The summed E-state index contributed by atoms with van der Waals surface area (Å²) >= 11 is 0. The molecule has 0 saturated heterocycles. The molecule has 0 bridgehead atoms. The summed E-state index contributed by atoms with van der Waals surface area (Å²) in [5.74, 6) is 0. The zero-order valence-corrected chi connectivity index (χ0v) is 53.7. The van der Waals surface area contributed by atoms with Crippen molar-refractivity contribution in [2.75, 3.05) is 14.7 Å². The summed E-state index contributed by atoms with van der Waals surface area (Å²) in [6, 6.07) is 69.6. The van der Waals surface area contributed by atoms with Gasteiger partial charge in [-0.15, -0.1) is 0 Å². The van der Waals surface area contributed by atoms with Crippen molar-refractivity contribution in [1.29, 1.82) is 0 Å². The summed E-state index contributed by atoms with van der Waals surface area (Å²) in [4.78, 5) is 7.80. The molecule has 0 fully saturated rings. The fraction of sp³-hybridized carbons (Fsp3) is 0.325. The molecular formula is C80H86BN3. The van der Waals surface area contributed by atoms with E-state index in [-0.39, 0.29) is 44.6 Å². The van der Waals surface area contributed by atoms with Crippen LogP contribution in [0.3, 0.4) is 0 Å². The number of hydrogen-bond donors (Lipinski definition) is 0. The van der Waals surface area contributed by atoms with Crippen LogP contribution in [0.15, 0.2) is 176 Å². The summed E-state index contributed by atoms with van der Waals surface area (Å²) in [5.41, 5.74) is 31.6. The Hall–Kier alpha value is -7.56. The van der Waals surface area contributed by atoms with Gasteiger partial charge in [0.2, 0.25) is 0 Å². The highest BCUT2D eigenvalue weighted by Crippen LogP contribution is 2.55. The Morgan fingerprint density at radius 1 is 0.310 bits per heavy atom. The van der Waals surface area contributed by atoms with E-state index >= 15 is 0 Å². The highest BCUT2D eigenvalue weighted by molar-refractivity contribution is 7.00. The van der Waals surface area contributed by atoms with Crippen molar-refractivity contribution in [3.8, 4) is 22.3 Å². The molecule has 0 saturated carbocycles. The lowest BCUT2D eigenvalue weighted by atomic mass is 9.33. The van der Waals surface area contributed by atoms with E-state index < -0.39 is 0 Å². The molecule has 3 nitrogen and oxygen atoms in total. The van der Waals surface area contributed by atoms with E-state index in [9.17, 15) is 0 Å². The van der Waals surface area contributed by atoms with Crippen molar-refractivity contribution >= 4 is 74.3 Å². The van der Waals surface area contributed by atoms with Gasteiger partial charge in [-0.25, -0.2) is 0 Å². The standard InChI is InChI=1S/C80H86BN3/c1-74(2,3)49-24-30-54(31-25-49)82(55-32-26-50(27-33-55)75(4,5)6)58-36-40-67-70(48-58)84(57-35-39-62-60-37-28-51(76(7,8)9)42-64(60)80(18,19)66(62)47-57)72-45-53(78(13,14)15)44-71-73(72)81(67)68-43-52(77(10,11)12)29-41-69(68)83(71)56-34-38-61-59-22-20-21-23-63(59)79(16,17)65(61)46-56/h20-48H,1-19H3. The van der Waals surface area contributed by atoms with Crippen LogP contribution in [-0.2, 0) is 37.9 Å². The minimum Gasteiger partial charge on any atom is -0.311 e. The molecule has 424 valence electrons. The maximum atomic E-state index is 2.67. The number of benzene rings is 9. The highest BCUT2D eigenvalue weighted by atomic mass is 15.2. The van der Waals surface area contributed by atoms with Crippen LogP contribution in [0.5, 0.6) is 0 Å². The first-order valence-corrected chi connectivity index (χ1v) is 30.9. The van der Waals surface area contributed by atoms with Crippen molar-refractivity contribution in [3.63, 3.8) is 0 Å². The summed E-state index contributed by atoms with van der Waals surface area (Å²) in [7, 11) is 0. The van der Waals surface area contributed by atoms with Crippen LogP contribution in [0.1, 0.15) is 182 Å². The molecule has 13 rings (SSSR count). The Labute approximate surface area is 503 Å². The molecule has 84 heavy (non-hydrogen) atoms. The first kappa shape index (κ1) is 55.6. The Kier molecular flexibility index (Phi) is 12.2. The van der Waals surface area contributed by atoms with Gasteiger partial charge in [0.05, 0.1) is 0 Å². The molecule has 0 aromatic heterocycles. The van der Waals surface area contributed by atoms with Gasteiger partial charge in [-0.2, -0.15) is 0 Å². The predicted molar refractivity (Wildman–Crippen MR) is 364 cm³/mol. The molecule has 4 aliphatic rings. The van der Waals surface area contributed by atoms with Gasteiger partial charge in [-0.1, -0.05) is 229 Å². The summed E-state index contributed by atoms with van der Waals surface area (Å²) < 4.78 is 0. The largest absolute Gasteiger partial charge is 0.311 e. The number of nitrogens with zero attached hydrogens (tertiary/aromatic N) is 3. The van der Waals surface area contributed by atoms with E-state index in [0.29, 0.717) is 0 Å². The summed E-state index contributed by atoms with van der Waals surface area (Å²) in [6.07, 6.45) is 0. The number of hydrogen-bond acceptors (Lipinski definition) is 3. The molecule has 2 aliphatic carbocycles. The van der Waals surface area contributed by atoms with Gasteiger partial charge in [0.25, 0.3) is 6.71 Å². The SMILES string of the molecule is CC(C)(C)c1ccc(N(c2ccc(C(C)(C)C)cc2)c2ccc3c(c2)N(c2ccc4c(c2)C(C)(C)c2cc(C(C)(C)C)ccc2-4)c2cc(C(C)(C)C)cc4c2B3c2cc(C(C)(C)C)ccc2N4c2ccc3c(c2)C(C)(C)c2ccccc2-3)cc1. The predicted octanol–water partition coefficient (Wildman–Crippen LogP) is 20.3. The molecule has 0 amide bonds. The van der Waals surface area contributed by atoms with E-state index in [1.54, 1.807) is 0 Å². The number of fused-ring (bicyclic) bond motifs is 10. The van der Waals surface area contributed by atoms with E-state index in [1.807, 2.05) is 0 Å². The lowest BCUT2D eigenvalue weighted by Gasteiger charge is -2.46. The minimum absolute atomic E-state index is 0.0184. The maximum absolute atomic E-state index is 2.67. The Morgan fingerprint density at radius 2 is 0.714 bits per heavy atom. The molecule has 0 unspecified atom stereocenters. The molecule has 2 aliphatic heterocycles. The van der Waals surface area contributed by atoms with Crippen LogP contribution in [0, 0.1) is 0 Å². The van der Waals surface area contributed by atoms with Gasteiger partial charge < -0.3 is 14.7 Å². The molecule has 0 atom stereocenters. The zero-order valence-electron chi connectivity index (χ0n) is 53.7. The van der Waals surface area contributed by atoms with Crippen molar-refractivity contribution in [1.82, 2.24) is 0 Å². The number of anilines is 9. The molecule has 0 N–H and O–H groups in total. The quantitative estimate of drug-likeness (QED) is 0.159. The van der Waals surface area contributed by atoms with E-state index in [4.69, 9.17) is 0 Å². The molecule has 0 spiro atoms. The third-order valence-electron chi connectivity index (χ3n) is 19.6. The zero-order chi connectivity index (χ0) is 59.7. The van der Waals surface area contributed by atoms with Gasteiger partial charge in [0.1, 0.15) is 0 Å². The average molecular weight is 1100 g/mol. The van der Waals surface area contributed by atoms with E-state index in [2.05, 4.69) is 322 Å². The molecule has 4 heteroatoms. The number of rotatable bonds is 5. The summed E-state index contributed by atoms with van der Waals surface area (Å²) in [5, 5.41) is 0. The van der Waals surface area contributed by atoms with Crippen LogP contribution < -0.4 is 31.1 Å². The monoisotopic (exact) mass is 1100 g/mol. The second kappa shape index (κ2) is 18.5. The van der Waals surface area contributed by atoms with Gasteiger partial charge in [-0.3, -0.25) is 0 Å². The van der Waals surface area contributed by atoms with Crippen LogP contribution in [0.2, 0.25) is 0 Å². The van der Waals surface area contributed by atoms with Crippen LogP contribution in [0.25, 0.3) is 22.3 Å². The van der Waals surface area contributed by atoms with Crippen LogP contribution >= 0.6 is 0 Å². The van der Waals surface area contributed by atoms with Crippen molar-refractivity contribution in [3.05, 3.63) is 226 Å². The molecule has 9 aromatic carbocycles. The van der Waals surface area contributed by atoms with Crippen LogP contribution in [0.4, 0.5) is 51.2 Å². The second-order valence-corrected chi connectivity index (χ2v) is 31.2.